The van der Waals surface area contributed by atoms with Crippen molar-refractivity contribution in [2.45, 2.75) is 97.8 Å². The highest BCUT2D eigenvalue weighted by Crippen LogP contribution is 2.21. The van der Waals surface area contributed by atoms with Crippen molar-refractivity contribution < 1.29 is 19.1 Å². The first-order chi connectivity index (χ1) is 13.5. The van der Waals surface area contributed by atoms with Crippen LogP contribution in [0.4, 0.5) is 0 Å². The van der Waals surface area contributed by atoms with Crippen LogP contribution in [0, 0.1) is 13.8 Å². The first kappa shape index (κ1) is 24.2. The van der Waals surface area contributed by atoms with Crippen LogP contribution in [0.1, 0.15) is 95.1 Å². The number of aryl methyl sites for hydroxylation is 1. The highest BCUT2D eigenvalue weighted by atomic mass is 16.5. The molecule has 28 heavy (non-hydrogen) atoms. The van der Waals surface area contributed by atoms with Crippen molar-refractivity contribution in [2.75, 3.05) is 6.61 Å². The van der Waals surface area contributed by atoms with Crippen molar-refractivity contribution in [1.29, 1.82) is 0 Å². The van der Waals surface area contributed by atoms with Gasteiger partial charge in [-0.05, 0) is 43.9 Å². The van der Waals surface area contributed by atoms with Gasteiger partial charge in [0, 0.05) is 12.8 Å². The molecule has 0 aromatic heterocycles. The monoisotopic (exact) mass is 390 g/mol. The zero-order chi connectivity index (χ0) is 20.6. The number of ether oxygens (including phenoxy) is 2. The fourth-order valence-electron chi connectivity index (χ4n) is 3.06. The van der Waals surface area contributed by atoms with Gasteiger partial charge in [-0.1, -0.05) is 70.4 Å². The maximum Gasteiger partial charge on any atom is 0.311 e. The Labute approximate surface area is 171 Å². The molecule has 0 atom stereocenters. The largest absolute Gasteiger partial charge is 0.466 e. The van der Waals surface area contributed by atoms with Gasteiger partial charge in [-0.2, -0.15) is 0 Å². The van der Waals surface area contributed by atoms with Crippen molar-refractivity contribution in [1.82, 2.24) is 0 Å². The van der Waals surface area contributed by atoms with Gasteiger partial charge in [0.25, 0.3) is 0 Å². The summed E-state index contributed by atoms with van der Waals surface area (Å²) in [4.78, 5) is 23.7. The van der Waals surface area contributed by atoms with Crippen LogP contribution in [0.2, 0.25) is 0 Å². The Balaban J connectivity index is 2.00. The quantitative estimate of drug-likeness (QED) is 0.196. The van der Waals surface area contributed by atoms with E-state index in [1.54, 1.807) is 6.07 Å². The number of esters is 2. The minimum absolute atomic E-state index is 0.223. The molecule has 0 spiro atoms. The summed E-state index contributed by atoms with van der Waals surface area (Å²) in [5.41, 5.74) is 2.06. The van der Waals surface area contributed by atoms with E-state index < -0.39 is 0 Å². The standard InChI is InChI=1S/C24H38O4/c1-4-5-6-7-8-9-10-11-12-19-27-23(25)17-14-18-24(26)28-22-16-13-15-20(2)21(22)3/h13,15-16H,4-12,14,17-19H2,1-3H3. The summed E-state index contributed by atoms with van der Waals surface area (Å²) in [7, 11) is 0. The third-order valence-electron chi connectivity index (χ3n) is 5.05. The fraction of sp³-hybridized carbons (Fsp3) is 0.667. The predicted octanol–water partition coefficient (Wildman–Crippen LogP) is 6.45. The van der Waals surface area contributed by atoms with E-state index in [-0.39, 0.29) is 24.8 Å². The Hall–Kier alpha value is -1.84. The topological polar surface area (TPSA) is 52.6 Å². The number of unbranched alkanes of at least 4 members (excludes halogenated alkanes) is 8. The maximum atomic E-state index is 11.9. The third-order valence-corrected chi connectivity index (χ3v) is 5.05. The molecule has 1 rings (SSSR count). The number of hydrogen-bond acceptors (Lipinski definition) is 4. The minimum atomic E-state index is -0.305. The summed E-state index contributed by atoms with van der Waals surface area (Å²) >= 11 is 0. The van der Waals surface area contributed by atoms with Crippen LogP contribution in [0.25, 0.3) is 0 Å². The Morgan fingerprint density at radius 2 is 1.39 bits per heavy atom. The predicted molar refractivity (Wildman–Crippen MR) is 114 cm³/mol. The molecule has 0 amide bonds. The maximum absolute atomic E-state index is 11.9. The van der Waals surface area contributed by atoms with Crippen LogP contribution in [-0.4, -0.2) is 18.5 Å². The molecule has 0 fully saturated rings. The van der Waals surface area contributed by atoms with Gasteiger partial charge < -0.3 is 9.47 Å². The molecule has 0 saturated heterocycles. The van der Waals surface area contributed by atoms with E-state index in [4.69, 9.17) is 9.47 Å². The van der Waals surface area contributed by atoms with Gasteiger partial charge in [0.05, 0.1) is 6.61 Å². The Morgan fingerprint density at radius 1 is 0.786 bits per heavy atom. The van der Waals surface area contributed by atoms with Gasteiger partial charge in [0.15, 0.2) is 0 Å². The molecule has 0 aliphatic rings. The number of carbonyl (C=O) groups excluding carboxylic acids is 2. The number of hydrogen-bond donors (Lipinski definition) is 0. The molecule has 0 N–H and O–H groups in total. The Bertz CT molecular complexity index is 580. The highest BCUT2D eigenvalue weighted by molar-refractivity contribution is 5.74. The molecule has 4 heteroatoms. The van der Waals surface area contributed by atoms with E-state index in [1.807, 2.05) is 26.0 Å². The summed E-state index contributed by atoms with van der Waals surface area (Å²) in [5, 5.41) is 0. The summed E-state index contributed by atoms with van der Waals surface area (Å²) in [6.07, 6.45) is 12.1. The first-order valence-corrected chi connectivity index (χ1v) is 11.0. The molecule has 0 aliphatic heterocycles. The van der Waals surface area contributed by atoms with Gasteiger partial charge in [-0.25, -0.2) is 0 Å². The second-order valence-corrected chi connectivity index (χ2v) is 7.57. The SMILES string of the molecule is CCCCCCCCCCCOC(=O)CCCC(=O)Oc1cccc(C)c1C. The summed E-state index contributed by atoms with van der Waals surface area (Å²) in [6, 6.07) is 5.64. The van der Waals surface area contributed by atoms with Crippen molar-refractivity contribution >= 4 is 11.9 Å². The molecule has 1 aromatic carbocycles. The molecule has 4 nitrogen and oxygen atoms in total. The van der Waals surface area contributed by atoms with E-state index in [9.17, 15) is 9.59 Å². The average Bonchev–Trinajstić information content (AvgIpc) is 2.67. The number of benzene rings is 1. The van der Waals surface area contributed by atoms with Crippen LogP contribution < -0.4 is 4.74 Å². The molecule has 0 bridgehead atoms. The third kappa shape index (κ3) is 11.1. The van der Waals surface area contributed by atoms with Crippen LogP contribution in [0.5, 0.6) is 5.75 Å². The lowest BCUT2D eigenvalue weighted by molar-refractivity contribution is -0.144. The second-order valence-electron chi connectivity index (χ2n) is 7.57. The molecule has 0 heterocycles. The van der Waals surface area contributed by atoms with Crippen molar-refractivity contribution in [2.24, 2.45) is 0 Å². The van der Waals surface area contributed by atoms with Crippen LogP contribution in [0.15, 0.2) is 18.2 Å². The summed E-state index contributed by atoms with van der Waals surface area (Å²) in [6.45, 7) is 6.64. The lowest BCUT2D eigenvalue weighted by atomic mass is 10.1. The van der Waals surface area contributed by atoms with Crippen molar-refractivity contribution in [3.63, 3.8) is 0 Å². The van der Waals surface area contributed by atoms with E-state index in [2.05, 4.69) is 6.92 Å². The first-order valence-electron chi connectivity index (χ1n) is 11.0. The minimum Gasteiger partial charge on any atom is -0.466 e. The lowest BCUT2D eigenvalue weighted by Crippen LogP contribution is -2.11. The zero-order valence-corrected chi connectivity index (χ0v) is 18.1. The molecule has 0 unspecified atom stereocenters. The van der Waals surface area contributed by atoms with E-state index >= 15 is 0 Å². The highest BCUT2D eigenvalue weighted by Gasteiger charge is 2.10. The van der Waals surface area contributed by atoms with Crippen molar-refractivity contribution in [3.8, 4) is 5.75 Å². The van der Waals surface area contributed by atoms with Crippen LogP contribution in [0.3, 0.4) is 0 Å². The molecular weight excluding hydrogens is 352 g/mol. The van der Waals surface area contributed by atoms with Gasteiger partial charge in [-0.3, -0.25) is 9.59 Å². The van der Waals surface area contributed by atoms with Crippen LogP contribution in [-0.2, 0) is 14.3 Å². The number of rotatable bonds is 15. The van der Waals surface area contributed by atoms with Gasteiger partial charge in [0.2, 0.25) is 0 Å². The van der Waals surface area contributed by atoms with Crippen molar-refractivity contribution in [3.05, 3.63) is 29.3 Å². The summed E-state index contributed by atoms with van der Waals surface area (Å²) in [5.74, 6) is 0.0671. The fourth-order valence-corrected chi connectivity index (χ4v) is 3.06. The summed E-state index contributed by atoms with van der Waals surface area (Å²) < 4.78 is 10.6. The number of carbonyl (C=O) groups is 2. The van der Waals surface area contributed by atoms with Gasteiger partial charge in [-0.15, -0.1) is 0 Å². The lowest BCUT2D eigenvalue weighted by Gasteiger charge is -2.09. The molecule has 0 saturated carbocycles. The Morgan fingerprint density at radius 3 is 2.07 bits per heavy atom. The van der Waals surface area contributed by atoms with E-state index in [0.29, 0.717) is 18.8 Å². The molecule has 158 valence electrons. The molecule has 0 aliphatic carbocycles. The molecule has 0 radical (unpaired) electrons. The van der Waals surface area contributed by atoms with Crippen LogP contribution >= 0.6 is 0 Å². The van der Waals surface area contributed by atoms with E-state index in [1.165, 1.54) is 44.9 Å². The zero-order valence-electron chi connectivity index (χ0n) is 18.1. The Kier molecular flexibility index (Phi) is 13.1. The second kappa shape index (κ2) is 15.1. The smallest absolute Gasteiger partial charge is 0.311 e. The van der Waals surface area contributed by atoms with Gasteiger partial charge in [0.1, 0.15) is 5.75 Å². The van der Waals surface area contributed by atoms with E-state index in [0.717, 1.165) is 24.0 Å². The molecule has 1 aromatic rings. The van der Waals surface area contributed by atoms with Gasteiger partial charge >= 0.3 is 11.9 Å². The normalized spacial score (nSPS) is 10.7. The molecular formula is C24H38O4. The average molecular weight is 391 g/mol.